The number of para-hydroxylation sites is 1. The molecule has 194 valence electrons. The SMILES string of the molecule is CC(NCc1cccc(-c2ccc(Nc3ccccc3C(=O)O)cc2)c1)C(=O)c1ccc2cc(O)ccc2c1. The maximum absolute atomic E-state index is 13.0. The molecule has 5 aromatic carbocycles. The van der Waals surface area contributed by atoms with Gasteiger partial charge in [0.25, 0.3) is 0 Å². The summed E-state index contributed by atoms with van der Waals surface area (Å²) in [5.41, 5.74) is 5.31. The Hall–Kier alpha value is -4.94. The average molecular weight is 517 g/mol. The van der Waals surface area contributed by atoms with Crippen LogP contribution in [0.3, 0.4) is 0 Å². The number of aromatic hydroxyl groups is 1. The number of aromatic carboxylic acids is 1. The largest absolute Gasteiger partial charge is 0.508 e. The van der Waals surface area contributed by atoms with Gasteiger partial charge in [0, 0.05) is 17.8 Å². The first-order valence-corrected chi connectivity index (χ1v) is 12.7. The molecule has 0 amide bonds. The van der Waals surface area contributed by atoms with Crippen molar-refractivity contribution in [3.05, 3.63) is 126 Å². The Morgan fingerprint density at radius 3 is 2.31 bits per heavy atom. The first-order valence-electron chi connectivity index (χ1n) is 12.7. The summed E-state index contributed by atoms with van der Waals surface area (Å²) < 4.78 is 0. The van der Waals surface area contributed by atoms with Crippen LogP contribution in [-0.4, -0.2) is 28.0 Å². The Kier molecular flexibility index (Phi) is 7.39. The minimum Gasteiger partial charge on any atom is -0.508 e. The van der Waals surface area contributed by atoms with Gasteiger partial charge in [-0.2, -0.15) is 0 Å². The molecular formula is C33H28N2O4. The highest BCUT2D eigenvalue weighted by Gasteiger charge is 2.15. The minimum atomic E-state index is -0.977. The molecule has 0 spiro atoms. The molecule has 0 fully saturated rings. The van der Waals surface area contributed by atoms with E-state index in [1.54, 1.807) is 42.5 Å². The minimum absolute atomic E-state index is 0.00805. The van der Waals surface area contributed by atoms with Crippen LogP contribution < -0.4 is 10.6 Å². The van der Waals surface area contributed by atoms with Crippen LogP contribution in [0.5, 0.6) is 5.75 Å². The monoisotopic (exact) mass is 516 g/mol. The lowest BCUT2D eigenvalue weighted by molar-refractivity contribution is 0.0697. The van der Waals surface area contributed by atoms with Crippen LogP contribution >= 0.6 is 0 Å². The van der Waals surface area contributed by atoms with Gasteiger partial charge in [-0.1, -0.05) is 60.7 Å². The first-order chi connectivity index (χ1) is 18.9. The molecule has 1 atom stereocenters. The van der Waals surface area contributed by atoms with Gasteiger partial charge < -0.3 is 20.8 Å². The molecule has 0 saturated heterocycles. The third-order valence-corrected chi connectivity index (χ3v) is 6.70. The molecule has 0 aliphatic heterocycles. The Labute approximate surface area is 226 Å². The van der Waals surface area contributed by atoms with Gasteiger partial charge >= 0.3 is 5.97 Å². The van der Waals surface area contributed by atoms with E-state index in [0.717, 1.165) is 33.2 Å². The smallest absolute Gasteiger partial charge is 0.337 e. The van der Waals surface area contributed by atoms with Crippen LogP contribution in [0.2, 0.25) is 0 Å². The van der Waals surface area contributed by atoms with Crippen molar-refractivity contribution in [1.82, 2.24) is 5.32 Å². The standard InChI is InChI=1S/C33H28N2O4/c1-21(32(37)27-10-9-26-19-29(36)16-13-25(26)18-27)34-20-22-5-4-6-24(17-22)23-11-14-28(15-12-23)35-31-8-3-2-7-30(31)33(38)39/h2-19,21,34-36H,20H2,1H3,(H,38,39). The number of ketones is 1. The third kappa shape index (κ3) is 5.98. The van der Waals surface area contributed by atoms with Crippen LogP contribution in [0.1, 0.15) is 33.2 Å². The van der Waals surface area contributed by atoms with Gasteiger partial charge in [0.2, 0.25) is 0 Å². The number of hydrogen-bond acceptors (Lipinski definition) is 5. The fourth-order valence-electron chi connectivity index (χ4n) is 4.54. The van der Waals surface area contributed by atoms with Crippen molar-refractivity contribution in [3.63, 3.8) is 0 Å². The summed E-state index contributed by atoms with van der Waals surface area (Å²) in [4.78, 5) is 24.5. The van der Waals surface area contributed by atoms with Crippen molar-refractivity contribution in [3.8, 4) is 16.9 Å². The van der Waals surface area contributed by atoms with Crippen molar-refractivity contribution in [2.75, 3.05) is 5.32 Å². The molecule has 5 aromatic rings. The molecule has 4 N–H and O–H groups in total. The van der Waals surface area contributed by atoms with Gasteiger partial charge in [0.15, 0.2) is 5.78 Å². The number of benzene rings is 5. The topological polar surface area (TPSA) is 98.7 Å². The molecular weight excluding hydrogens is 488 g/mol. The van der Waals surface area contributed by atoms with Gasteiger partial charge in [-0.05, 0) is 82.9 Å². The van der Waals surface area contributed by atoms with E-state index < -0.39 is 5.97 Å². The van der Waals surface area contributed by atoms with Gasteiger partial charge in [0.1, 0.15) is 5.75 Å². The molecule has 0 saturated carbocycles. The number of phenolic OH excluding ortho intramolecular Hbond substituents is 1. The van der Waals surface area contributed by atoms with E-state index in [4.69, 9.17) is 0 Å². The zero-order valence-electron chi connectivity index (χ0n) is 21.4. The number of carboxylic acid groups (broad SMARTS) is 1. The zero-order chi connectivity index (χ0) is 27.4. The van der Waals surface area contributed by atoms with Crippen LogP contribution in [0.4, 0.5) is 11.4 Å². The Balaban J connectivity index is 1.23. The maximum atomic E-state index is 13.0. The Morgan fingerprint density at radius 1 is 0.769 bits per heavy atom. The van der Waals surface area contributed by atoms with Gasteiger partial charge in [-0.25, -0.2) is 4.79 Å². The fraction of sp³-hybridized carbons (Fsp3) is 0.0909. The van der Waals surface area contributed by atoms with Gasteiger partial charge in [-0.15, -0.1) is 0 Å². The lowest BCUT2D eigenvalue weighted by Gasteiger charge is -2.14. The molecule has 0 aromatic heterocycles. The number of rotatable bonds is 9. The summed E-state index contributed by atoms with van der Waals surface area (Å²) in [5.74, 6) is -0.767. The molecule has 6 nitrogen and oxygen atoms in total. The fourth-order valence-corrected chi connectivity index (χ4v) is 4.54. The van der Waals surface area contributed by atoms with Crippen LogP contribution in [0.25, 0.3) is 21.9 Å². The lowest BCUT2D eigenvalue weighted by Crippen LogP contribution is -2.33. The predicted octanol–water partition coefficient (Wildman–Crippen LogP) is 7.02. The summed E-state index contributed by atoms with van der Waals surface area (Å²) in [6.07, 6.45) is 0. The van der Waals surface area contributed by atoms with Crippen molar-refractivity contribution in [2.45, 2.75) is 19.5 Å². The average Bonchev–Trinajstić information content (AvgIpc) is 2.96. The number of nitrogens with one attached hydrogen (secondary N) is 2. The van der Waals surface area contributed by atoms with Crippen LogP contribution in [-0.2, 0) is 6.54 Å². The number of carbonyl (C=O) groups is 2. The number of fused-ring (bicyclic) bond motifs is 1. The first kappa shape index (κ1) is 25.7. The maximum Gasteiger partial charge on any atom is 0.337 e. The number of Topliss-reactive ketones (excluding diaryl/α,β-unsaturated/α-hetero) is 1. The number of hydrogen-bond donors (Lipinski definition) is 4. The number of anilines is 2. The van der Waals surface area contributed by atoms with E-state index in [2.05, 4.69) is 16.7 Å². The molecule has 0 radical (unpaired) electrons. The summed E-state index contributed by atoms with van der Waals surface area (Å²) in [7, 11) is 0. The van der Waals surface area contributed by atoms with Crippen molar-refractivity contribution in [2.24, 2.45) is 0 Å². The van der Waals surface area contributed by atoms with Crippen LogP contribution in [0.15, 0.2) is 109 Å². The highest BCUT2D eigenvalue weighted by atomic mass is 16.4. The molecule has 0 aliphatic rings. The van der Waals surface area contributed by atoms with E-state index in [1.807, 2.05) is 67.6 Å². The molecule has 1 unspecified atom stereocenters. The summed E-state index contributed by atoms with van der Waals surface area (Å²) in [6, 6.07) is 33.0. The second kappa shape index (κ2) is 11.2. The van der Waals surface area contributed by atoms with E-state index in [0.29, 0.717) is 17.8 Å². The summed E-state index contributed by atoms with van der Waals surface area (Å²) in [5, 5.41) is 27.4. The second-order valence-electron chi connectivity index (χ2n) is 9.47. The quantitative estimate of drug-likeness (QED) is 0.157. The summed E-state index contributed by atoms with van der Waals surface area (Å²) >= 11 is 0. The molecule has 0 heterocycles. The van der Waals surface area contributed by atoms with Crippen molar-refractivity contribution in [1.29, 1.82) is 0 Å². The van der Waals surface area contributed by atoms with E-state index >= 15 is 0 Å². The lowest BCUT2D eigenvalue weighted by atomic mass is 10.00. The second-order valence-corrected chi connectivity index (χ2v) is 9.47. The molecule has 39 heavy (non-hydrogen) atoms. The van der Waals surface area contributed by atoms with Gasteiger partial charge in [0.05, 0.1) is 17.3 Å². The summed E-state index contributed by atoms with van der Waals surface area (Å²) in [6.45, 7) is 2.40. The number of carbonyl (C=O) groups excluding carboxylic acids is 1. The highest BCUT2D eigenvalue weighted by molar-refractivity contribution is 6.03. The molecule has 5 rings (SSSR count). The molecule has 0 aliphatic carbocycles. The van der Waals surface area contributed by atoms with E-state index in [1.165, 1.54) is 0 Å². The van der Waals surface area contributed by atoms with E-state index in [-0.39, 0.29) is 23.1 Å². The molecule has 0 bridgehead atoms. The van der Waals surface area contributed by atoms with Crippen molar-refractivity contribution >= 4 is 33.9 Å². The van der Waals surface area contributed by atoms with E-state index in [9.17, 15) is 19.8 Å². The highest BCUT2D eigenvalue weighted by Crippen LogP contribution is 2.26. The van der Waals surface area contributed by atoms with Crippen LogP contribution in [0, 0.1) is 0 Å². The zero-order valence-corrected chi connectivity index (χ0v) is 21.4. The normalized spacial score (nSPS) is 11.7. The predicted molar refractivity (Wildman–Crippen MR) is 155 cm³/mol. The van der Waals surface area contributed by atoms with Gasteiger partial charge in [-0.3, -0.25) is 4.79 Å². The number of carboxylic acids is 1. The Bertz CT molecular complexity index is 1660. The number of phenols is 1. The van der Waals surface area contributed by atoms with Crippen molar-refractivity contribution < 1.29 is 19.8 Å². The molecule has 6 heteroatoms. The Morgan fingerprint density at radius 2 is 1.51 bits per heavy atom. The third-order valence-electron chi connectivity index (χ3n) is 6.70.